The van der Waals surface area contributed by atoms with Crippen molar-refractivity contribution in [3.63, 3.8) is 0 Å². The van der Waals surface area contributed by atoms with Gasteiger partial charge in [-0.15, -0.1) is 0 Å². The van der Waals surface area contributed by atoms with Crippen LogP contribution in [-0.2, 0) is 9.53 Å². The van der Waals surface area contributed by atoms with Crippen LogP contribution in [0.5, 0.6) is 0 Å². The van der Waals surface area contributed by atoms with Crippen molar-refractivity contribution in [1.29, 1.82) is 0 Å². The van der Waals surface area contributed by atoms with Crippen LogP contribution in [0.3, 0.4) is 0 Å². The molecule has 0 heterocycles. The molecule has 0 aliphatic rings. The molecule has 0 aliphatic carbocycles. The maximum atomic E-state index is 11.4. The Bertz CT molecular complexity index is 246. The van der Waals surface area contributed by atoms with Crippen molar-refractivity contribution in [2.45, 2.75) is 33.2 Å². The molecule has 0 spiro atoms. The molecule has 5 heteroatoms. The van der Waals surface area contributed by atoms with Crippen molar-refractivity contribution >= 4 is 5.97 Å². The van der Waals surface area contributed by atoms with Gasteiger partial charge in [-0.05, 0) is 19.4 Å². The predicted octanol–water partition coefficient (Wildman–Crippen LogP) is 1.04. The molecule has 2 N–H and O–H groups in total. The fourth-order valence-corrected chi connectivity index (χ4v) is 2.01. The van der Waals surface area contributed by atoms with E-state index in [9.17, 15) is 9.90 Å². The monoisotopic (exact) mass is 260 g/mol. The highest BCUT2D eigenvalue weighted by molar-refractivity contribution is 5.78. The van der Waals surface area contributed by atoms with Gasteiger partial charge in [0.1, 0.15) is 5.54 Å². The molecule has 0 aromatic heterocycles. The minimum Gasteiger partial charge on any atom is -0.480 e. The van der Waals surface area contributed by atoms with Gasteiger partial charge in [0.05, 0.1) is 6.61 Å². The highest BCUT2D eigenvalue weighted by Gasteiger charge is 2.34. The molecule has 5 nitrogen and oxygen atoms in total. The minimum atomic E-state index is -0.905. The van der Waals surface area contributed by atoms with Crippen molar-refractivity contribution < 1.29 is 14.6 Å². The fourth-order valence-electron chi connectivity index (χ4n) is 2.01. The van der Waals surface area contributed by atoms with E-state index in [4.69, 9.17) is 4.74 Å². The Morgan fingerprint density at radius 2 is 2.11 bits per heavy atom. The molecule has 0 saturated carbocycles. The Kier molecular flexibility index (Phi) is 8.15. The summed E-state index contributed by atoms with van der Waals surface area (Å²) in [5.74, 6) is -0.308. The largest absolute Gasteiger partial charge is 0.480 e. The lowest BCUT2D eigenvalue weighted by atomic mass is 10.0. The van der Waals surface area contributed by atoms with E-state index in [1.54, 1.807) is 14.0 Å². The summed E-state index contributed by atoms with van der Waals surface area (Å²) in [5, 5.41) is 12.4. The molecule has 0 aromatic carbocycles. The standard InChI is InChI=1S/C13H28N2O3/c1-6-14-13(4,12(16)17)10-15(7-8-18-5)9-11(2)3/h11,14H,6-10H2,1-5H3,(H,16,17). The zero-order chi connectivity index (χ0) is 14.2. The molecule has 0 saturated heterocycles. The smallest absolute Gasteiger partial charge is 0.324 e. The number of hydrogen-bond donors (Lipinski definition) is 2. The van der Waals surface area contributed by atoms with Crippen LogP contribution in [0.1, 0.15) is 27.7 Å². The molecule has 0 aromatic rings. The molecule has 0 radical (unpaired) electrons. The topological polar surface area (TPSA) is 61.8 Å². The Balaban J connectivity index is 4.62. The Morgan fingerprint density at radius 1 is 1.50 bits per heavy atom. The van der Waals surface area contributed by atoms with Crippen molar-refractivity contribution in [1.82, 2.24) is 10.2 Å². The second-order valence-corrected chi connectivity index (χ2v) is 5.29. The molecule has 1 unspecified atom stereocenters. The molecule has 1 atom stereocenters. The Hall–Kier alpha value is -0.650. The summed E-state index contributed by atoms with van der Waals surface area (Å²) in [6.45, 7) is 11.3. The zero-order valence-corrected chi connectivity index (χ0v) is 12.3. The second-order valence-electron chi connectivity index (χ2n) is 5.29. The summed E-state index contributed by atoms with van der Waals surface area (Å²) in [5.41, 5.74) is -0.905. The lowest BCUT2D eigenvalue weighted by molar-refractivity contribution is -0.145. The molecular weight excluding hydrogens is 232 g/mol. The highest BCUT2D eigenvalue weighted by Crippen LogP contribution is 2.09. The molecule has 108 valence electrons. The summed E-state index contributed by atoms with van der Waals surface area (Å²) in [6, 6.07) is 0. The average Bonchev–Trinajstić information content (AvgIpc) is 2.25. The number of ether oxygens (including phenoxy) is 1. The average molecular weight is 260 g/mol. The lowest BCUT2D eigenvalue weighted by Gasteiger charge is -2.33. The number of nitrogens with one attached hydrogen (secondary N) is 1. The lowest BCUT2D eigenvalue weighted by Crippen LogP contribution is -2.57. The van der Waals surface area contributed by atoms with E-state index < -0.39 is 11.5 Å². The summed E-state index contributed by atoms with van der Waals surface area (Å²) in [6.07, 6.45) is 0. The third-order valence-corrected chi connectivity index (χ3v) is 2.81. The minimum absolute atomic E-state index is 0.484. The van der Waals surface area contributed by atoms with Gasteiger partial charge in [0.2, 0.25) is 0 Å². The first-order chi connectivity index (χ1) is 8.35. The number of carboxylic acids is 1. The number of likely N-dealkylation sites (N-methyl/N-ethyl adjacent to an activating group) is 1. The van der Waals surface area contributed by atoms with Crippen LogP contribution >= 0.6 is 0 Å². The van der Waals surface area contributed by atoms with Crippen LogP contribution < -0.4 is 5.32 Å². The first-order valence-electron chi connectivity index (χ1n) is 6.55. The van der Waals surface area contributed by atoms with Gasteiger partial charge >= 0.3 is 5.97 Å². The van der Waals surface area contributed by atoms with Crippen molar-refractivity contribution in [2.24, 2.45) is 5.92 Å². The first kappa shape index (κ1) is 17.4. The number of rotatable bonds is 10. The number of hydrogen-bond acceptors (Lipinski definition) is 4. The molecule has 0 rings (SSSR count). The third kappa shape index (κ3) is 6.33. The van der Waals surface area contributed by atoms with Gasteiger partial charge in [-0.1, -0.05) is 20.8 Å². The van der Waals surface area contributed by atoms with Crippen LogP contribution in [0.4, 0.5) is 0 Å². The van der Waals surface area contributed by atoms with Crippen LogP contribution in [0.15, 0.2) is 0 Å². The van der Waals surface area contributed by atoms with E-state index in [1.807, 2.05) is 6.92 Å². The third-order valence-electron chi connectivity index (χ3n) is 2.81. The van der Waals surface area contributed by atoms with Crippen LogP contribution in [0.25, 0.3) is 0 Å². The summed E-state index contributed by atoms with van der Waals surface area (Å²) in [7, 11) is 1.66. The predicted molar refractivity (Wildman–Crippen MR) is 72.9 cm³/mol. The number of aliphatic carboxylic acids is 1. The van der Waals surface area contributed by atoms with E-state index in [0.29, 0.717) is 25.6 Å². The van der Waals surface area contributed by atoms with Crippen molar-refractivity contribution in [3.05, 3.63) is 0 Å². The van der Waals surface area contributed by atoms with E-state index in [2.05, 4.69) is 24.1 Å². The van der Waals surface area contributed by atoms with Gasteiger partial charge in [0.15, 0.2) is 0 Å². The van der Waals surface area contributed by atoms with Gasteiger partial charge in [-0.25, -0.2) is 0 Å². The second kappa shape index (κ2) is 8.45. The van der Waals surface area contributed by atoms with E-state index in [1.165, 1.54) is 0 Å². The van der Waals surface area contributed by atoms with E-state index in [-0.39, 0.29) is 0 Å². The van der Waals surface area contributed by atoms with Gasteiger partial charge in [-0.2, -0.15) is 0 Å². The molecule has 0 bridgehead atoms. The summed E-state index contributed by atoms with van der Waals surface area (Å²) in [4.78, 5) is 13.5. The van der Waals surface area contributed by atoms with E-state index >= 15 is 0 Å². The van der Waals surface area contributed by atoms with Gasteiger partial charge in [0.25, 0.3) is 0 Å². The number of nitrogens with zero attached hydrogens (tertiary/aromatic N) is 1. The van der Waals surface area contributed by atoms with Crippen molar-refractivity contribution in [2.75, 3.05) is 39.9 Å². The summed E-state index contributed by atoms with van der Waals surface area (Å²) < 4.78 is 5.08. The van der Waals surface area contributed by atoms with Gasteiger partial charge in [-0.3, -0.25) is 9.69 Å². The maximum absolute atomic E-state index is 11.4. The fraction of sp³-hybridized carbons (Fsp3) is 0.923. The quantitative estimate of drug-likeness (QED) is 0.614. The molecule has 0 aliphatic heterocycles. The summed E-state index contributed by atoms with van der Waals surface area (Å²) >= 11 is 0. The molecular formula is C13H28N2O3. The Morgan fingerprint density at radius 3 is 2.50 bits per heavy atom. The first-order valence-corrected chi connectivity index (χ1v) is 6.55. The Labute approximate surface area is 110 Å². The van der Waals surface area contributed by atoms with Crippen LogP contribution in [0.2, 0.25) is 0 Å². The van der Waals surface area contributed by atoms with Crippen LogP contribution in [-0.4, -0.2) is 61.4 Å². The maximum Gasteiger partial charge on any atom is 0.324 e. The molecule has 0 amide bonds. The van der Waals surface area contributed by atoms with Crippen molar-refractivity contribution in [3.8, 4) is 0 Å². The number of methoxy groups -OCH3 is 1. The zero-order valence-electron chi connectivity index (χ0n) is 12.3. The SMILES string of the molecule is CCNC(C)(CN(CCOC)CC(C)C)C(=O)O. The van der Waals surface area contributed by atoms with Crippen LogP contribution in [0, 0.1) is 5.92 Å². The number of carbonyl (C=O) groups is 1. The van der Waals surface area contributed by atoms with Gasteiger partial charge < -0.3 is 15.2 Å². The normalized spacial score (nSPS) is 15.1. The molecule has 0 fully saturated rings. The van der Waals surface area contributed by atoms with E-state index in [0.717, 1.165) is 13.1 Å². The number of carboxylic acid groups (broad SMARTS) is 1. The van der Waals surface area contributed by atoms with Gasteiger partial charge in [0, 0.05) is 26.7 Å². The molecule has 18 heavy (non-hydrogen) atoms. The highest BCUT2D eigenvalue weighted by atomic mass is 16.5.